The van der Waals surface area contributed by atoms with Gasteiger partial charge in [-0.25, -0.2) is 8.78 Å². The minimum absolute atomic E-state index is 0.137. The van der Waals surface area contributed by atoms with Gasteiger partial charge in [-0.2, -0.15) is 0 Å². The molecular formula is C10H12F2O2. The number of rotatable bonds is 3. The molecule has 0 fully saturated rings. The fraction of sp³-hybridized carbons (Fsp3) is 0.400. The standard InChI is InChI=1S/C10H12F2O2/c1-6(5-13)7-3-8(11)9(12)4-10(7)14-2/h3-4,6,13H,5H2,1-2H3. The number of benzene rings is 1. The molecule has 0 aliphatic rings. The molecule has 78 valence electrons. The van der Waals surface area contributed by atoms with E-state index < -0.39 is 11.6 Å². The van der Waals surface area contributed by atoms with Crippen molar-refractivity contribution in [2.24, 2.45) is 0 Å². The predicted octanol–water partition coefficient (Wildman–Crippen LogP) is 2.07. The molecule has 1 rings (SSSR count). The van der Waals surface area contributed by atoms with E-state index in [1.54, 1.807) is 6.92 Å². The maximum atomic E-state index is 12.9. The van der Waals surface area contributed by atoms with E-state index in [-0.39, 0.29) is 18.3 Å². The zero-order chi connectivity index (χ0) is 10.7. The van der Waals surface area contributed by atoms with E-state index in [1.807, 2.05) is 0 Å². The Hall–Kier alpha value is -1.16. The highest BCUT2D eigenvalue weighted by Crippen LogP contribution is 2.28. The number of aliphatic hydroxyl groups excluding tert-OH is 1. The van der Waals surface area contributed by atoms with Gasteiger partial charge in [0.2, 0.25) is 0 Å². The maximum Gasteiger partial charge on any atom is 0.162 e. The second-order valence-corrected chi connectivity index (χ2v) is 3.09. The average Bonchev–Trinajstić information content (AvgIpc) is 2.20. The number of hydrogen-bond acceptors (Lipinski definition) is 2. The molecule has 1 atom stereocenters. The molecule has 2 nitrogen and oxygen atoms in total. The van der Waals surface area contributed by atoms with Crippen molar-refractivity contribution in [3.8, 4) is 5.75 Å². The molecule has 0 amide bonds. The van der Waals surface area contributed by atoms with Gasteiger partial charge in [-0.3, -0.25) is 0 Å². The lowest BCUT2D eigenvalue weighted by atomic mass is 10.0. The van der Waals surface area contributed by atoms with Crippen LogP contribution in [0, 0.1) is 11.6 Å². The number of methoxy groups -OCH3 is 1. The predicted molar refractivity (Wildman–Crippen MR) is 48.4 cm³/mol. The summed E-state index contributed by atoms with van der Waals surface area (Å²) in [6.07, 6.45) is 0. The number of ether oxygens (including phenoxy) is 1. The molecule has 1 aromatic rings. The third-order valence-corrected chi connectivity index (χ3v) is 2.08. The third kappa shape index (κ3) is 2.01. The third-order valence-electron chi connectivity index (χ3n) is 2.08. The smallest absolute Gasteiger partial charge is 0.162 e. The van der Waals surface area contributed by atoms with Crippen LogP contribution < -0.4 is 4.74 Å². The highest BCUT2D eigenvalue weighted by molar-refractivity contribution is 5.37. The zero-order valence-corrected chi connectivity index (χ0v) is 8.05. The Bertz CT molecular complexity index is 326. The summed E-state index contributed by atoms with van der Waals surface area (Å²) in [5, 5.41) is 8.90. The Kier molecular flexibility index (Phi) is 3.41. The van der Waals surface area contributed by atoms with Crippen LogP contribution in [0.3, 0.4) is 0 Å². The molecule has 0 heterocycles. The Morgan fingerprint density at radius 3 is 2.43 bits per heavy atom. The molecule has 1 aromatic carbocycles. The quantitative estimate of drug-likeness (QED) is 0.813. The van der Waals surface area contributed by atoms with Crippen LogP contribution in [0.25, 0.3) is 0 Å². The van der Waals surface area contributed by atoms with Crippen molar-refractivity contribution in [2.75, 3.05) is 13.7 Å². The molecule has 0 spiro atoms. The Morgan fingerprint density at radius 2 is 1.93 bits per heavy atom. The topological polar surface area (TPSA) is 29.5 Å². The Morgan fingerprint density at radius 1 is 1.36 bits per heavy atom. The zero-order valence-electron chi connectivity index (χ0n) is 8.05. The van der Waals surface area contributed by atoms with E-state index in [9.17, 15) is 8.78 Å². The van der Waals surface area contributed by atoms with Gasteiger partial charge in [-0.1, -0.05) is 6.92 Å². The highest BCUT2D eigenvalue weighted by Gasteiger charge is 2.14. The van der Waals surface area contributed by atoms with Gasteiger partial charge in [-0.05, 0) is 6.07 Å². The lowest BCUT2D eigenvalue weighted by molar-refractivity contribution is 0.269. The molecule has 0 bridgehead atoms. The van der Waals surface area contributed by atoms with Gasteiger partial charge >= 0.3 is 0 Å². The first-order valence-corrected chi connectivity index (χ1v) is 4.24. The number of hydrogen-bond donors (Lipinski definition) is 1. The second kappa shape index (κ2) is 4.37. The summed E-state index contributed by atoms with van der Waals surface area (Å²) >= 11 is 0. The normalized spacial score (nSPS) is 12.6. The van der Waals surface area contributed by atoms with Crippen molar-refractivity contribution in [3.63, 3.8) is 0 Å². The van der Waals surface area contributed by atoms with E-state index in [1.165, 1.54) is 7.11 Å². The van der Waals surface area contributed by atoms with Crippen molar-refractivity contribution in [1.82, 2.24) is 0 Å². The van der Waals surface area contributed by atoms with Crippen LogP contribution in [0.15, 0.2) is 12.1 Å². The van der Waals surface area contributed by atoms with Crippen molar-refractivity contribution in [2.45, 2.75) is 12.8 Å². The van der Waals surface area contributed by atoms with Crippen LogP contribution in [0.4, 0.5) is 8.78 Å². The minimum atomic E-state index is -0.948. The molecule has 1 N–H and O–H groups in total. The molecule has 4 heteroatoms. The molecule has 0 aliphatic heterocycles. The van der Waals surface area contributed by atoms with Crippen molar-refractivity contribution >= 4 is 0 Å². The molecular weight excluding hydrogens is 190 g/mol. The van der Waals surface area contributed by atoms with Crippen molar-refractivity contribution < 1.29 is 18.6 Å². The molecule has 0 saturated carbocycles. The van der Waals surface area contributed by atoms with E-state index >= 15 is 0 Å². The van der Waals surface area contributed by atoms with Crippen LogP contribution in [-0.4, -0.2) is 18.8 Å². The van der Waals surface area contributed by atoms with Crippen LogP contribution >= 0.6 is 0 Å². The largest absolute Gasteiger partial charge is 0.496 e. The fourth-order valence-electron chi connectivity index (χ4n) is 1.20. The van der Waals surface area contributed by atoms with Gasteiger partial charge in [0, 0.05) is 24.2 Å². The SMILES string of the molecule is COc1cc(F)c(F)cc1C(C)CO. The molecule has 0 aliphatic carbocycles. The average molecular weight is 202 g/mol. The Labute approximate surface area is 81.1 Å². The summed E-state index contributed by atoms with van der Waals surface area (Å²) in [6, 6.07) is 2.03. The summed E-state index contributed by atoms with van der Waals surface area (Å²) < 4.78 is 30.6. The van der Waals surface area contributed by atoms with Gasteiger partial charge in [0.15, 0.2) is 11.6 Å². The summed E-state index contributed by atoms with van der Waals surface area (Å²) in [4.78, 5) is 0. The molecule has 0 radical (unpaired) electrons. The first kappa shape index (κ1) is 10.9. The molecule has 14 heavy (non-hydrogen) atoms. The van der Waals surface area contributed by atoms with Crippen molar-refractivity contribution in [1.29, 1.82) is 0 Å². The van der Waals surface area contributed by atoms with Gasteiger partial charge < -0.3 is 9.84 Å². The lowest BCUT2D eigenvalue weighted by Crippen LogP contribution is -2.03. The second-order valence-electron chi connectivity index (χ2n) is 3.09. The summed E-state index contributed by atoms with van der Waals surface area (Å²) in [5.41, 5.74) is 0.467. The van der Waals surface area contributed by atoms with Crippen molar-refractivity contribution in [3.05, 3.63) is 29.3 Å². The number of halogens is 2. The van der Waals surface area contributed by atoms with Gasteiger partial charge in [0.25, 0.3) is 0 Å². The molecule has 0 saturated heterocycles. The Balaban J connectivity index is 3.19. The molecule has 1 unspecified atom stereocenters. The summed E-state index contributed by atoms with van der Waals surface area (Å²) in [5.74, 6) is -1.90. The summed E-state index contributed by atoms with van der Waals surface area (Å²) in [7, 11) is 1.38. The van der Waals surface area contributed by atoms with Crippen LogP contribution in [0.2, 0.25) is 0 Å². The molecule has 0 aromatic heterocycles. The lowest BCUT2D eigenvalue weighted by Gasteiger charge is -2.13. The van der Waals surface area contributed by atoms with E-state index in [2.05, 4.69) is 0 Å². The van der Waals surface area contributed by atoms with Gasteiger partial charge in [-0.15, -0.1) is 0 Å². The summed E-state index contributed by atoms with van der Waals surface area (Å²) in [6.45, 7) is 1.57. The monoisotopic (exact) mass is 202 g/mol. The van der Waals surface area contributed by atoms with E-state index in [4.69, 9.17) is 9.84 Å². The first-order valence-electron chi connectivity index (χ1n) is 4.24. The maximum absolute atomic E-state index is 12.9. The van der Waals surface area contributed by atoms with Gasteiger partial charge in [0.05, 0.1) is 7.11 Å². The fourth-order valence-corrected chi connectivity index (χ4v) is 1.20. The minimum Gasteiger partial charge on any atom is -0.496 e. The highest BCUT2D eigenvalue weighted by atomic mass is 19.2. The number of aliphatic hydroxyl groups is 1. The van der Waals surface area contributed by atoms with Crippen LogP contribution in [0.5, 0.6) is 5.75 Å². The van der Waals surface area contributed by atoms with E-state index in [0.29, 0.717) is 5.56 Å². The van der Waals surface area contributed by atoms with Gasteiger partial charge in [0.1, 0.15) is 5.75 Å². The van der Waals surface area contributed by atoms with Crippen LogP contribution in [0.1, 0.15) is 18.4 Å². The van der Waals surface area contributed by atoms with Crippen LogP contribution in [-0.2, 0) is 0 Å². The van der Waals surface area contributed by atoms with E-state index in [0.717, 1.165) is 12.1 Å². The first-order chi connectivity index (χ1) is 6.60.